The summed E-state index contributed by atoms with van der Waals surface area (Å²) in [4.78, 5) is 19.6. The maximum atomic E-state index is 13.2. The summed E-state index contributed by atoms with van der Waals surface area (Å²) >= 11 is 0. The number of piperidine rings is 1. The third-order valence-electron chi connectivity index (χ3n) is 4.92. The lowest BCUT2D eigenvalue weighted by Gasteiger charge is -2.35. The van der Waals surface area contributed by atoms with E-state index < -0.39 is 0 Å². The van der Waals surface area contributed by atoms with E-state index in [1.165, 1.54) is 0 Å². The van der Waals surface area contributed by atoms with Crippen LogP contribution in [0.2, 0.25) is 0 Å². The van der Waals surface area contributed by atoms with E-state index in [1.807, 2.05) is 37.9 Å². The van der Waals surface area contributed by atoms with Crippen LogP contribution in [0.25, 0.3) is 5.65 Å². The predicted molar refractivity (Wildman–Crippen MR) is 93.4 cm³/mol. The van der Waals surface area contributed by atoms with Crippen LogP contribution in [0.15, 0.2) is 18.3 Å². The summed E-state index contributed by atoms with van der Waals surface area (Å²) in [5.74, 6) is -0.0405. The highest BCUT2D eigenvalue weighted by Gasteiger charge is 2.32. The van der Waals surface area contributed by atoms with Crippen molar-refractivity contribution in [1.82, 2.24) is 29.7 Å². The van der Waals surface area contributed by atoms with Gasteiger partial charge in [-0.25, -0.2) is 9.50 Å². The molecule has 0 aliphatic carbocycles. The fourth-order valence-electron chi connectivity index (χ4n) is 3.71. The lowest BCUT2D eigenvalue weighted by Crippen LogP contribution is -2.39. The van der Waals surface area contributed by atoms with Crippen LogP contribution in [0.5, 0.6) is 0 Å². The van der Waals surface area contributed by atoms with Crippen molar-refractivity contribution in [2.24, 2.45) is 0 Å². The Labute approximate surface area is 146 Å². The summed E-state index contributed by atoms with van der Waals surface area (Å²) in [7, 11) is 0. The van der Waals surface area contributed by atoms with Crippen LogP contribution in [-0.2, 0) is 0 Å². The zero-order valence-corrected chi connectivity index (χ0v) is 14.8. The standard InChI is InChI=1S/C18H22N6O/c1-11-10-19-21-17(11)15-6-4-5-7-23(15)18(25)14-9-16-20-12(2)8-13(3)24(16)22-14/h8-10,15H,4-7H2,1-3H3,(H,19,21)/t15-/m1/s1. The number of aromatic nitrogens is 5. The number of H-pyrrole nitrogens is 1. The first kappa shape index (κ1) is 15.8. The molecule has 1 fully saturated rings. The summed E-state index contributed by atoms with van der Waals surface area (Å²) in [5.41, 5.74) is 5.18. The number of fused-ring (bicyclic) bond motifs is 1. The van der Waals surface area contributed by atoms with Gasteiger partial charge >= 0.3 is 0 Å². The molecule has 1 N–H and O–H groups in total. The number of carbonyl (C=O) groups is 1. The van der Waals surface area contributed by atoms with Crippen LogP contribution >= 0.6 is 0 Å². The molecule has 0 saturated carbocycles. The van der Waals surface area contributed by atoms with Gasteiger partial charge in [-0.15, -0.1) is 0 Å². The van der Waals surface area contributed by atoms with Crippen molar-refractivity contribution in [3.05, 3.63) is 46.7 Å². The molecule has 0 bridgehead atoms. The van der Waals surface area contributed by atoms with Gasteiger partial charge in [0.1, 0.15) is 0 Å². The van der Waals surface area contributed by atoms with E-state index in [0.29, 0.717) is 11.3 Å². The summed E-state index contributed by atoms with van der Waals surface area (Å²) in [6.07, 6.45) is 4.88. The lowest BCUT2D eigenvalue weighted by atomic mass is 9.97. The van der Waals surface area contributed by atoms with Gasteiger partial charge in [-0.2, -0.15) is 10.2 Å². The minimum Gasteiger partial charge on any atom is -0.329 e. The van der Waals surface area contributed by atoms with Crippen molar-refractivity contribution in [3.63, 3.8) is 0 Å². The summed E-state index contributed by atoms with van der Waals surface area (Å²) in [5, 5.41) is 11.7. The molecule has 1 saturated heterocycles. The molecule has 25 heavy (non-hydrogen) atoms. The number of aromatic amines is 1. The highest BCUT2D eigenvalue weighted by molar-refractivity contribution is 5.93. The van der Waals surface area contributed by atoms with Crippen LogP contribution in [0, 0.1) is 20.8 Å². The second kappa shape index (κ2) is 5.98. The molecule has 0 unspecified atom stereocenters. The van der Waals surface area contributed by atoms with E-state index in [-0.39, 0.29) is 11.9 Å². The Morgan fingerprint density at radius 1 is 1.24 bits per heavy atom. The molecule has 7 nitrogen and oxygen atoms in total. The monoisotopic (exact) mass is 338 g/mol. The van der Waals surface area contributed by atoms with Gasteiger partial charge in [0.2, 0.25) is 0 Å². The second-order valence-electron chi connectivity index (χ2n) is 6.82. The van der Waals surface area contributed by atoms with Crippen LogP contribution in [0.1, 0.15) is 58.4 Å². The van der Waals surface area contributed by atoms with Crippen molar-refractivity contribution in [2.75, 3.05) is 6.54 Å². The molecule has 0 spiro atoms. The Kier molecular flexibility index (Phi) is 3.78. The minimum atomic E-state index is -0.0405. The second-order valence-corrected chi connectivity index (χ2v) is 6.82. The largest absolute Gasteiger partial charge is 0.329 e. The molecule has 3 aromatic heterocycles. The Morgan fingerprint density at radius 3 is 2.84 bits per heavy atom. The van der Waals surface area contributed by atoms with E-state index >= 15 is 0 Å². The van der Waals surface area contributed by atoms with Crippen molar-refractivity contribution in [1.29, 1.82) is 0 Å². The Balaban J connectivity index is 1.71. The zero-order chi connectivity index (χ0) is 17.6. The smallest absolute Gasteiger partial charge is 0.275 e. The highest BCUT2D eigenvalue weighted by Crippen LogP contribution is 2.32. The molecule has 1 amide bonds. The number of rotatable bonds is 2. The first-order chi connectivity index (χ1) is 12.0. The van der Waals surface area contributed by atoms with Gasteiger partial charge in [-0.1, -0.05) is 0 Å². The molecule has 4 rings (SSSR count). The molecule has 4 heterocycles. The number of nitrogens with zero attached hydrogens (tertiary/aromatic N) is 5. The maximum absolute atomic E-state index is 13.2. The van der Waals surface area contributed by atoms with Gasteiger partial charge in [-0.05, 0) is 51.7 Å². The molecule has 7 heteroatoms. The average Bonchev–Trinajstić information content (AvgIpc) is 3.20. The SMILES string of the molecule is Cc1cc(C)n2nc(C(=O)N3CCCC[C@@H]3c3[nH]ncc3C)cc2n1. The molecular weight excluding hydrogens is 316 g/mol. The fraction of sp³-hybridized carbons (Fsp3) is 0.444. The highest BCUT2D eigenvalue weighted by atomic mass is 16.2. The van der Waals surface area contributed by atoms with Crippen molar-refractivity contribution in [3.8, 4) is 0 Å². The quantitative estimate of drug-likeness (QED) is 0.779. The molecule has 0 radical (unpaired) electrons. The predicted octanol–water partition coefficient (Wildman–Crippen LogP) is 2.75. The number of hydrogen-bond acceptors (Lipinski definition) is 4. The molecule has 1 atom stereocenters. The topological polar surface area (TPSA) is 79.2 Å². The van der Waals surface area contributed by atoms with Gasteiger partial charge < -0.3 is 4.90 Å². The number of hydrogen-bond donors (Lipinski definition) is 1. The van der Waals surface area contributed by atoms with Gasteiger partial charge in [0.15, 0.2) is 11.3 Å². The number of amides is 1. The third kappa shape index (κ3) is 2.69. The summed E-state index contributed by atoms with van der Waals surface area (Å²) in [6.45, 7) is 6.68. The van der Waals surface area contributed by atoms with Crippen molar-refractivity contribution in [2.45, 2.75) is 46.1 Å². The number of likely N-dealkylation sites (tertiary alicyclic amines) is 1. The Hall–Kier alpha value is -2.70. The first-order valence-electron chi connectivity index (χ1n) is 8.69. The molecule has 1 aliphatic rings. The molecule has 0 aromatic carbocycles. The molecular formula is C18H22N6O. The maximum Gasteiger partial charge on any atom is 0.275 e. The van der Waals surface area contributed by atoms with Crippen molar-refractivity contribution < 1.29 is 4.79 Å². The van der Waals surface area contributed by atoms with E-state index in [4.69, 9.17) is 0 Å². The molecule has 1 aliphatic heterocycles. The Bertz CT molecular complexity index is 940. The number of carbonyl (C=O) groups excluding carboxylic acids is 1. The van der Waals surface area contributed by atoms with Gasteiger partial charge in [-0.3, -0.25) is 9.89 Å². The average molecular weight is 338 g/mol. The first-order valence-corrected chi connectivity index (χ1v) is 8.69. The van der Waals surface area contributed by atoms with E-state index in [1.54, 1.807) is 10.6 Å². The van der Waals surface area contributed by atoms with Crippen molar-refractivity contribution >= 4 is 11.6 Å². The molecule has 3 aromatic rings. The molecule has 130 valence electrons. The van der Waals surface area contributed by atoms with Crippen LogP contribution in [0.3, 0.4) is 0 Å². The van der Waals surface area contributed by atoms with Crippen LogP contribution < -0.4 is 0 Å². The van der Waals surface area contributed by atoms with Gasteiger partial charge in [0, 0.05) is 24.0 Å². The lowest BCUT2D eigenvalue weighted by molar-refractivity contribution is 0.0599. The third-order valence-corrected chi connectivity index (χ3v) is 4.92. The van der Waals surface area contributed by atoms with Crippen LogP contribution in [-0.4, -0.2) is 42.1 Å². The fourth-order valence-corrected chi connectivity index (χ4v) is 3.71. The minimum absolute atomic E-state index is 0.0318. The van der Waals surface area contributed by atoms with E-state index in [9.17, 15) is 4.79 Å². The number of aryl methyl sites for hydroxylation is 3. The van der Waals surface area contributed by atoms with E-state index in [2.05, 4.69) is 20.3 Å². The summed E-state index contributed by atoms with van der Waals surface area (Å²) < 4.78 is 1.74. The summed E-state index contributed by atoms with van der Waals surface area (Å²) in [6, 6.07) is 3.78. The number of nitrogens with one attached hydrogen (secondary N) is 1. The van der Waals surface area contributed by atoms with E-state index in [0.717, 1.165) is 48.5 Å². The van der Waals surface area contributed by atoms with Gasteiger partial charge in [0.25, 0.3) is 5.91 Å². The zero-order valence-electron chi connectivity index (χ0n) is 14.8. The van der Waals surface area contributed by atoms with Gasteiger partial charge in [0.05, 0.1) is 17.9 Å². The van der Waals surface area contributed by atoms with Crippen LogP contribution in [0.4, 0.5) is 0 Å². The Morgan fingerprint density at radius 2 is 2.08 bits per heavy atom. The normalized spacial score (nSPS) is 18.0.